The van der Waals surface area contributed by atoms with Crippen LogP contribution in [0.3, 0.4) is 0 Å². The summed E-state index contributed by atoms with van der Waals surface area (Å²) in [4.78, 5) is 2.64. The van der Waals surface area contributed by atoms with E-state index in [0.29, 0.717) is 0 Å². The van der Waals surface area contributed by atoms with Crippen molar-refractivity contribution in [3.63, 3.8) is 0 Å². The van der Waals surface area contributed by atoms with Crippen molar-refractivity contribution in [3.8, 4) is 0 Å². The van der Waals surface area contributed by atoms with Gasteiger partial charge in [0.15, 0.2) is 0 Å². The van der Waals surface area contributed by atoms with Gasteiger partial charge in [0, 0.05) is 0 Å². The third-order valence-corrected chi connectivity index (χ3v) is 2.53. The van der Waals surface area contributed by atoms with E-state index >= 15 is 0 Å². The van der Waals surface area contributed by atoms with Crippen LogP contribution in [0.5, 0.6) is 0 Å². The molecule has 1 rings (SSSR count). The Labute approximate surface area is 79.7 Å². The zero-order valence-electron chi connectivity index (χ0n) is 7.81. The molecule has 0 aromatic carbocycles. The van der Waals surface area contributed by atoms with Crippen molar-refractivity contribution >= 4 is 17.7 Å². The molecule has 1 fully saturated rings. The molecule has 0 atom stereocenters. The van der Waals surface area contributed by atoms with Crippen LogP contribution in [0.2, 0.25) is 5.09 Å². The van der Waals surface area contributed by atoms with E-state index in [1.807, 2.05) is 0 Å². The number of rotatable bonds is 3. The second-order valence-electron chi connectivity index (χ2n) is 3.61. The molecule has 0 saturated carbocycles. The summed E-state index contributed by atoms with van der Waals surface area (Å²) in [6.07, 6.45) is 7.18. The monoisotopic (exact) mass is 147 g/mol. The van der Waals surface area contributed by atoms with Crippen molar-refractivity contribution in [2.24, 2.45) is 0 Å². The maximum atomic E-state index is 2.64. The topological polar surface area (TPSA) is 3.24 Å². The summed E-state index contributed by atoms with van der Waals surface area (Å²) in [5.41, 5.74) is 0. The van der Waals surface area contributed by atoms with Gasteiger partial charge in [-0.3, -0.25) is 0 Å². The van der Waals surface area contributed by atoms with Crippen LogP contribution in [-0.2, 0) is 0 Å². The summed E-state index contributed by atoms with van der Waals surface area (Å²) < 4.78 is 0. The van der Waals surface area contributed by atoms with Gasteiger partial charge < -0.3 is 0 Å². The van der Waals surface area contributed by atoms with Gasteiger partial charge in [0.25, 0.3) is 0 Å². The zero-order valence-corrected chi connectivity index (χ0v) is 7.81. The third kappa shape index (κ3) is 4.21. The van der Waals surface area contributed by atoms with Gasteiger partial charge in [-0.25, -0.2) is 0 Å². The normalized spacial score (nSPS) is 21.6. The Morgan fingerprint density at radius 1 is 1.00 bits per heavy atom. The molecular weight excluding hydrogens is 129 g/mol. The quantitative estimate of drug-likeness (QED) is 0.550. The van der Waals surface area contributed by atoms with Crippen LogP contribution >= 0.6 is 0 Å². The molecule has 1 nitrogen and oxygen atoms in total. The first kappa shape index (κ1) is 9.64. The fourth-order valence-electron chi connectivity index (χ4n) is 1.74. The molecule has 0 aromatic heterocycles. The molecular formula is C9H18LiN. The minimum absolute atomic E-state index is 1.34. The third-order valence-electron chi connectivity index (χ3n) is 2.53. The second-order valence-corrected chi connectivity index (χ2v) is 3.61. The van der Waals surface area contributed by atoms with Crippen molar-refractivity contribution in [3.05, 3.63) is 0 Å². The standard InChI is InChI=1S/C9H18N.Li/c1-2-7-10-8-5-3-4-6-9-10;/h1-9H2;. The first-order chi connectivity index (χ1) is 5.43. The van der Waals surface area contributed by atoms with Gasteiger partial charge in [-0.1, -0.05) is 0 Å². The molecule has 1 aliphatic rings. The van der Waals surface area contributed by atoms with E-state index in [4.69, 9.17) is 0 Å². The van der Waals surface area contributed by atoms with E-state index in [0.717, 1.165) is 0 Å². The molecule has 11 heavy (non-hydrogen) atoms. The summed E-state index contributed by atoms with van der Waals surface area (Å²) in [6, 6.07) is 0. The molecule has 2 heteroatoms. The van der Waals surface area contributed by atoms with Gasteiger partial charge in [-0.05, 0) is 0 Å². The average molecular weight is 147 g/mol. The van der Waals surface area contributed by atoms with E-state index in [9.17, 15) is 0 Å². The maximum absolute atomic E-state index is 2.64. The van der Waals surface area contributed by atoms with E-state index in [1.165, 1.54) is 56.8 Å². The summed E-state index contributed by atoms with van der Waals surface area (Å²) in [6.45, 7) is 4.07. The predicted octanol–water partition coefficient (Wildman–Crippen LogP) is 1.84. The SMILES string of the molecule is [Li][CH2]CCN1CCCCCC1. The Hall–Kier alpha value is 0.557. The Balaban J connectivity index is 2.09. The first-order valence-electron chi connectivity index (χ1n) is 5.16. The Bertz CT molecular complexity index is 87.6. The first-order valence-corrected chi connectivity index (χ1v) is 5.16. The van der Waals surface area contributed by atoms with Crippen molar-refractivity contribution in [2.45, 2.75) is 37.2 Å². The van der Waals surface area contributed by atoms with Crippen molar-refractivity contribution in [1.82, 2.24) is 4.90 Å². The van der Waals surface area contributed by atoms with Crippen LogP contribution in [0.15, 0.2) is 0 Å². The van der Waals surface area contributed by atoms with Crippen LogP contribution < -0.4 is 0 Å². The van der Waals surface area contributed by atoms with E-state index in [-0.39, 0.29) is 0 Å². The van der Waals surface area contributed by atoms with E-state index in [2.05, 4.69) is 22.6 Å². The summed E-state index contributed by atoms with van der Waals surface area (Å²) in [5.74, 6) is 0. The van der Waals surface area contributed by atoms with E-state index < -0.39 is 0 Å². The Morgan fingerprint density at radius 2 is 1.64 bits per heavy atom. The number of hydrogen-bond acceptors (Lipinski definition) is 1. The second kappa shape index (κ2) is 6.12. The van der Waals surface area contributed by atoms with Gasteiger partial charge in [0.1, 0.15) is 0 Å². The van der Waals surface area contributed by atoms with Gasteiger partial charge in [-0.2, -0.15) is 0 Å². The van der Waals surface area contributed by atoms with Crippen LogP contribution in [-0.4, -0.2) is 42.2 Å². The minimum atomic E-state index is 1.34. The molecule has 1 saturated heterocycles. The summed E-state index contributed by atoms with van der Waals surface area (Å²) >= 11 is 2.28. The van der Waals surface area contributed by atoms with Crippen LogP contribution in [0.1, 0.15) is 32.1 Å². The van der Waals surface area contributed by atoms with Gasteiger partial charge in [-0.15, -0.1) is 0 Å². The van der Waals surface area contributed by atoms with Gasteiger partial charge >= 0.3 is 79.4 Å². The van der Waals surface area contributed by atoms with E-state index in [1.54, 1.807) is 0 Å². The number of likely N-dealkylation sites (tertiary alicyclic amines) is 1. The fourth-order valence-corrected chi connectivity index (χ4v) is 1.74. The fraction of sp³-hybridized carbons (Fsp3) is 1.00. The molecule has 0 unspecified atom stereocenters. The molecule has 0 amide bonds. The summed E-state index contributed by atoms with van der Waals surface area (Å²) in [7, 11) is 0. The molecule has 0 N–H and O–H groups in total. The molecule has 1 heterocycles. The Morgan fingerprint density at radius 3 is 2.18 bits per heavy atom. The predicted molar refractivity (Wildman–Crippen MR) is 50.1 cm³/mol. The van der Waals surface area contributed by atoms with Gasteiger partial charge in [0.05, 0.1) is 0 Å². The van der Waals surface area contributed by atoms with Crippen molar-refractivity contribution in [1.29, 1.82) is 0 Å². The zero-order chi connectivity index (χ0) is 7.94. The molecule has 0 spiro atoms. The van der Waals surface area contributed by atoms with Crippen LogP contribution in [0.4, 0.5) is 0 Å². The Kier molecular flexibility index (Phi) is 5.36. The molecule has 0 aliphatic carbocycles. The molecule has 60 valence electrons. The molecule has 0 aromatic rings. The van der Waals surface area contributed by atoms with Crippen molar-refractivity contribution < 1.29 is 0 Å². The number of hydrogen-bond donors (Lipinski definition) is 0. The molecule has 1 aliphatic heterocycles. The molecule has 0 radical (unpaired) electrons. The van der Waals surface area contributed by atoms with Crippen LogP contribution in [0, 0.1) is 0 Å². The number of nitrogens with zero attached hydrogens (tertiary/aromatic N) is 1. The van der Waals surface area contributed by atoms with Crippen LogP contribution in [0.25, 0.3) is 0 Å². The van der Waals surface area contributed by atoms with Crippen molar-refractivity contribution in [2.75, 3.05) is 19.6 Å². The molecule has 0 bridgehead atoms. The average Bonchev–Trinajstić information content (AvgIpc) is 2.28. The van der Waals surface area contributed by atoms with Gasteiger partial charge in [0.2, 0.25) is 0 Å². The summed E-state index contributed by atoms with van der Waals surface area (Å²) in [5, 5.41) is 1.34.